The normalized spacial score (nSPS) is 34.6. The molecule has 0 aromatic heterocycles. The molecular weight excluding hydrogens is 204 g/mol. The monoisotopic (exact) mass is 226 g/mol. The highest BCUT2D eigenvalue weighted by Crippen LogP contribution is 2.34. The predicted molar refractivity (Wildman–Crippen MR) is 61.7 cm³/mol. The second-order valence-corrected chi connectivity index (χ2v) is 5.04. The van der Waals surface area contributed by atoms with E-state index >= 15 is 0 Å². The van der Waals surface area contributed by atoms with E-state index in [-0.39, 0.29) is 24.5 Å². The fourth-order valence-electron chi connectivity index (χ4n) is 3.17. The summed E-state index contributed by atoms with van der Waals surface area (Å²) < 4.78 is 0. The highest BCUT2D eigenvalue weighted by atomic mass is 16.3. The number of aliphatic hydroxyl groups is 1. The number of hydrogen-bond donors (Lipinski definition) is 2. The van der Waals surface area contributed by atoms with E-state index < -0.39 is 0 Å². The van der Waals surface area contributed by atoms with Crippen LogP contribution < -0.4 is 5.73 Å². The van der Waals surface area contributed by atoms with Crippen LogP contribution in [0.15, 0.2) is 0 Å². The number of nitrogens with zero attached hydrogens (tertiary/aromatic N) is 1. The predicted octanol–water partition coefficient (Wildman–Crippen LogP) is 0.345. The Bertz CT molecular complexity index is 233. The number of carbonyl (C=O) groups excluding carboxylic acids is 1. The van der Waals surface area contributed by atoms with Gasteiger partial charge in [0, 0.05) is 12.5 Å². The molecule has 4 nitrogen and oxygen atoms in total. The first-order chi connectivity index (χ1) is 7.77. The minimum absolute atomic E-state index is 0.0616. The summed E-state index contributed by atoms with van der Waals surface area (Å²) >= 11 is 0. The van der Waals surface area contributed by atoms with Gasteiger partial charge in [-0.3, -0.25) is 4.79 Å². The van der Waals surface area contributed by atoms with E-state index in [1.54, 1.807) is 0 Å². The number of rotatable bonds is 3. The van der Waals surface area contributed by atoms with Crippen LogP contribution in [-0.4, -0.2) is 41.7 Å². The summed E-state index contributed by atoms with van der Waals surface area (Å²) in [5.41, 5.74) is 5.71. The Labute approximate surface area is 96.8 Å². The van der Waals surface area contributed by atoms with Crippen molar-refractivity contribution in [3.8, 4) is 0 Å². The molecule has 0 radical (unpaired) electrons. The minimum Gasteiger partial charge on any atom is -0.394 e. The van der Waals surface area contributed by atoms with Crippen LogP contribution in [0.3, 0.4) is 0 Å². The molecule has 0 aromatic rings. The molecule has 1 amide bonds. The molecule has 0 bridgehead atoms. The number of nitrogens with two attached hydrogens (primary N) is 1. The molecule has 3 unspecified atom stereocenters. The van der Waals surface area contributed by atoms with Crippen LogP contribution in [0.4, 0.5) is 0 Å². The van der Waals surface area contributed by atoms with E-state index in [0.717, 1.165) is 38.6 Å². The van der Waals surface area contributed by atoms with E-state index in [4.69, 9.17) is 5.73 Å². The second kappa shape index (κ2) is 5.15. The third kappa shape index (κ3) is 2.09. The Kier molecular flexibility index (Phi) is 3.82. The minimum atomic E-state index is 0.0616. The lowest BCUT2D eigenvalue weighted by Crippen LogP contribution is -2.43. The van der Waals surface area contributed by atoms with E-state index in [1.807, 2.05) is 4.90 Å². The molecule has 2 aliphatic rings. The van der Waals surface area contributed by atoms with Gasteiger partial charge in [-0.2, -0.15) is 0 Å². The zero-order chi connectivity index (χ0) is 11.5. The third-order valence-electron chi connectivity index (χ3n) is 4.15. The molecule has 2 fully saturated rings. The Morgan fingerprint density at radius 1 is 1.31 bits per heavy atom. The van der Waals surface area contributed by atoms with Gasteiger partial charge in [-0.25, -0.2) is 0 Å². The molecule has 1 aliphatic carbocycles. The van der Waals surface area contributed by atoms with Gasteiger partial charge in [-0.1, -0.05) is 6.42 Å². The lowest BCUT2D eigenvalue weighted by molar-refractivity contribution is -0.138. The molecule has 2 rings (SSSR count). The maximum atomic E-state index is 12.3. The average molecular weight is 226 g/mol. The summed E-state index contributed by atoms with van der Waals surface area (Å²) in [6.07, 6.45) is 5.16. The summed E-state index contributed by atoms with van der Waals surface area (Å²) in [4.78, 5) is 14.2. The van der Waals surface area contributed by atoms with Crippen molar-refractivity contribution in [2.75, 3.05) is 19.7 Å². The van der Waals surface area contributed by atoms with E-state index in [1.165, 1.54) is 0 Å². The summed E-state index contributed by atoms with van der Waals surface area (Å²) in [5.74, 6) is 0.731. The van der Waals surface area contributed by atoms with Gasteiger partial charge in [0.2, 0.25) is 5.91 Å². The first-order valence-electron chi connectivity index (χ1n) is 6.39. The Morgan fingerprint density at radius 2 is 2.12 bits per heavy atom. The number of aliphatic hydroxyl groups excluding tert-OH is 1. The lowest BCUT2D eigenvalue weighted by Gasteiger charge is -2.28. The fraction of sp³-hybridized carbons (Fsp3) is 0.917. The van der Waals surface area contributed by atoms with Crippen LogP contribution in [0.2, 0.25) is 0 Å². The summed E-state index contributed by atoms with van der Waals surface area (Å²) in [6, 6.07) is 0.0616. The van der Waals surface area contributed by atoms with Crippen molar-refractivity contribution in [1.29, 1.82) is 0 Å². The molecule has 3 N–H and O–H groups in total. The standard InChI is InChI=1S/C12H22N2O2/c13-7-9-3-1-5-11(9)12(16)14-6-2-4-10(14)8-15/h9-11,15H,1-8,13H2. The van der Waals surface area contributed by atoms with E-state index in [9.17, 15) is 9.90 Å². The van der Waals surface area contributed by atoms with Crippen LogP contribution in [0.5, 0.6) is 0 Å². The van der Waals surface area contributed by atoms with Gasteiger partial charge in [0.05, 0.1) is 12.6 Å². The van der Waals surface area contributed by atoms with E-state index in [2.05, 4.69) is 0 Å². The van der Waals surface area contributed by atoms with Gasteiger partial charge >= 0.3 is 0 Å². The Morgan fingerprint density at radius 3 is 2.81 bits per heavy atom. The molecular formula is C12H22N2O2. The molecule has 1 heterocycles. The van der Waals surface area contributed by atoms with Gasteiger partial charge in [-0.05, 0) is 38.1 Å². The van der Waals surface area contributed by atoms with Crippen LogP contribution in [0.1, 0.15) is 32.1 Å². The molecule has 16 heavy (non-hydrogen) atoms. The topological polar surface area (TPSA) is 66.6 Å². The molecule has 1 saturated carbocycles. The van der Waals surface area contributed by atoms with Crippen LogP contribution >= 0.6 is 0 Å². The smallest absolute Gasteiger partial charge is 0.226 e. The summed E-state index contributed by atoms with van der Waals surface area (Å²) in [7, 11) is 0. The van der Waals surface area contributed by atoms with Crippen molar-refractivity contribution in [2.24, 2.45) is 17.6 Å². The molecule has 4 heteroatoms. The highest BCUT2D eigenvalue weighted by Gasteiger charge is 2.38. The SMILES string of the molecule is NCC1CCCC1C(=O)N1CCCC1CO. The molecule has 92 valence electrons. The van der Waals surface area contributed by atoms with Gasteiger partial charge in [0.1, 0.15) is 0 Å². The number of carbonyl (C=O) groups is 1. The maximum Gasteiger partial charge on any atom is 0.226 e. The fourth-order valence-corrected chi connectivity index (χ4v) is 3.17. The van der Waals surface area contributed by atoms with Gasteiger partial charge in [0.15, 0.2) is 0 Å². The Balaban J connectivity index is 2.00. The zero-order valence-electron chi connectivity index (χ0n) is 9.77. The van der Waals surface area contributed by atoms with Crippen molar-refractivity contribution in [1.82, 2.24) is 4.90 Å². The van der Waals surface area contributed by atoms with Gasteiger partial charge in [-0.15, -0.1) is 0 Å². The number of amides is 1. The quantitative estimate of drug-likeness (QED) is 0.729. The van der Waals surface area contributed by atoms with E-state index in [0.29, 0.717) is 12.5 Å². The average Bonchev–Trinajstić information content (AvgIpc) is 2.96. The molecule has 0 aromatic carbocycles. The number of hydrogen-bond acceptors (Lipinski definition) is 3. The zero-order valence-corrected chi connectivity index (χ0v) is 9.77. The largest absolute Gasteiger partial charge is 0.394 e. The highest BCUT2D eigenvalue weighted by molar-refractivity contribution is 5.80. The van der Waals surface area contributed by atoms with Crippen molar-refractivity contribution in [3.05, 3.63) is 0 Å². The van der Waals surface area contributed by atoms with Gasteiger partial charge < -0.3 is 15.7 Å². The Hall–Kier alpha value is -0.610. The molecule has 1 saturated heterocycles. The molecule has 1 aliphatic heterocycles. The van der Waals surface area contributed by atoms with Crippen LogP contribution in [0.25, 0.3) is 0 Å². The third-order valence-corrected chi connectivity index (χ3v) is 4.15. The van der Waals surface area contributed by atoms with Gasteiger partial charge in [0.25, 0.3) is 0 Å². The van der Waals surface area contributed by atoms with Crippen molar-refractivity contribution < 1.29 is 9.90 Å². The van der Waals surface area contributed by atoms with Crippen LogP contribution in [0, 0.1) is 11.8 Å². The number of likely N-dealkylation sites (tertiary alicyclic amines) is 1. The molecule has 3 atom stereocenters. The van der Waals surface area contributed by atoms with Crippen molar-refractivity contribution in [2.45, 2.75) is 38.1 Å². The first kappa shape index (κ1) is 11.9. The van der Waals surface area contributed by atoms with Crippen molar-refractivity contribution >= 4 is 5.91 Å². The van der Waals surface area contributed by atoms with Crippen LogP contribution in [-0.2, 0) is 4.79 Å². The first-order valence-corrected chi connectivity index (χ1v) is 6.39. The second-order valence-electron chi connectivity index (χ2n) is 5.04. The van der Waals surface area contributed by atoms with Crippen molar-refractivity contribution in [3.63, 3.8) is 0 Å². The maximum absolute atomic E-state index is 12.3. The summed E-state index contributed by atoms with van der Waals surface area (Å²) in [5, 5.41) is 9.23. The lowest BCUT2D eigenvalue weighted by atomic mass is 9.94. The molecule has 0 spiro atoms. The summed E-state index contributed by atoms with van der Waals surface area (Å²) in [6.45, 7) is 1.54.